The van der Waals surface area contributed by atoms with Gasteiger partial charge in [0.25, 0.3) is 11.8 Å². The van der Waals surface area contributed by atoms with Crippen molar-refractivity contribution in [3.8, 4) is 5.75 Å². The van der Waals surface area contributed by atoms with Crippen LogP contribution in [-0.2, 0) is 16.2 Å². The summed E-state index contributed by atoms with van der Waals surface area (Å²) in [5, 5.41) is 2.58. The van der Waals surface area contributed by atoms with Crippen LogP contribution in [0.25, 0.3) is 6.08 Å². The molecule has 178 valence electrons. The molecule has 1 aliphatic rings. The van der Waals surface area contributed by atoms with Crippen LogP contribution < -0.4 is 15.0 Å². The van der Waals surface area contributed by atoms with E-state index in [1.54, 1.807) is 30.3 Å². The minimum absolute atomic E-state index is 0.164. The lowest BCUT2D eigenvalue weighted by molar-refractivity contribution is -0.122. The number of nitrogens with one attached hydrogen (secondary N) is 1. The van der Waals surface area contributed by atoms with Gasteiger partial charge in [-0.3, -0.25) is 14.9 Å². The van der Waals surface area contributed by atoms with Crippen LogP contribution in [0.4, 0.5) is 10.5 Å². The van der Waals surface area contributed by atoms with Crippen molar-refractivity contribution in [3.05, 3.63) is 98.6 Å². The maximum absolute atomic E-state index is 13.1. The molecule has 0 spiro atoms. The zero-order valence-corrected chi connectivity index (χ0v) is 20.7. The molecule has 0 aliphatic carbocycles. The number of ether oxygens (including phenoxy) is 1. The molecule has 1 N–H and O–H groups in total. The van der Waals surface area contributed by atoms with E-state index >= 15 is 0 Å². The second-order valence-electron chi connectivity index (χ2n) is 8.70. The largest absolute Gasteiger partial charge is 0.487 e. The Morgan fingerprint density at radius 2 is 1.60 bits per heavy atom. The van der Waals surface area contributed by atoms with E-state index < -0.39 is 17.8 Å². The van der Waals surface area contributed by atoms with Gasteiger partial charge in [0.2, 0.25) is 0 Å². The number of hydrogen-bond acceptors (Lipinski definition) is 4. The van der Waals surface area contributed by atoms with Crippen LogP contribution in [0.5, 0.6) is 5.75 Å². The number of carbonyl (C=O) groups excluding carboxylic acids is 3. The molecule has 1 aliphatic heterocycles. The van der Waals surface area contributed by atoms with E-state index in [2.05, 4.69) is 23.5 Å². The van der Waals surface area contributed by atoms with E-state index in [0.717, 1.165) is 32.7 Å². The summed E-state index contributed by atoms with van der Waals surface area (Å²) in [5.74, 6) is -0.973. The molecule has 3 aromatic rings. The van der Waals surface area contributed by atoms with Gasteiger partial charge in [-0.25, -0.2) is 9.69 Å². The minimum atomic E-state index is -0.784. The van der Waals surface area contributed by atoms with Crippen LogP contribution in [0.1, 0.15) is 33.4 Å². The Hall–Kier alpha value is -3.90. The predicted octanol–water partition coefficient (Wildman–Crippen LogP) is 5.82. The van der Waals surface area contributed by atoms with Gasteiger partial charge in [-0.1, -0.05) is 53.1 Å². The standard InChI is InChI=1S/C28H25ClN2O4/c1-16-9-17(2)11-21(10-16)15-35-25-8-6-20(14-24(25)29)13-23-26(32)30-28(34)31(27(23)33)22-7-5-18(3)19(4)12-22/h5-14H,15H2,1-4H3,(H,30,32,34)/b23-13+. The van der Waals surface area contributed by atoms with Gasteiger partial charge >= 0.3 is 6.03 Å². The number of anilines is 1. The molecule has 4 amide bonds. The summed E-state index contributed by atoms with van der Waals surface area (Å²) in [6, 6.07) is 15.6. The number of nitrogens with zero attached hydrogens (tertiary/aromatic N) is 1. The van der Waals surface area contributed by atoms with Crippen molar-refractivity contribution in [2.24, 2.45) is 0 Å². The highest BCUT2D eigenvalue weighted by Crippen LogP contribution is 2.29. The van der Waals surface area contributed by atoms with Gasteiger partial charge in [-0.2, -0.15) is 0 Å². The van der Waals surface area contributed by atoms with E-state index in [0.29, 0.717) is 28.6 Å². The number of hydrogen-bond donors (Lipinski definition) is 1. The summed E-state index contributed by atoms with van der Waals surface area (Å²) in [4.78, 5) is 39.0. The van der Waals surface area contributed by atoms with Gasteiger partial charge in [-0.05, 0) is 80.3 Å². The quantitative estimate of drug-likeness (QED) is 0.362. The van der Waals surface area contributed by atoms with Gasteiger partial charge in [0, 0.05) is 0 Å². The summed E-state index contributed by atoms with van der Waals surface area (Å²) < 4.78 is 5.88. The number of urea groups is 1. The highest BCUT2D eigenvalue weighted by atomic mass is 35.5. The molecule has 1 saturated heterocycles. The van der Waals surface area contributed by atoms with Crippen molar-refractivity contribution in [1.82, 2.24) is 5.32 Å². The van der Waals surface area contributed by atoms with Gasteiger partial charge in [0.05, 0.1) is 10.7 Å². The first-order valence-electron chi connectivity index (χ1n) is 11.1. The Balaban J connectivity index is 1.57. The average Bonchev–Trinajstić information content (AvgIpc) is 2.77. The predicted molar refractivity (Wildman–Crippen MR) is 137 cm³/mol. The number of halogens is 1. The van der Waals surface area contributed by atoms with Crippen LogP contribution in [0.15, 0.2) is 60.2 Å². The zero-order chi connectivity index (χ0) is 25.3. The Labute approximate surface area is 209 Å². The van der Waals surface area contributed by atoms with Crippen molar-refractivity contribution in [3.63, 3.8) is 0 Å². The molecule has 0 radical (unpaired) electrons. The third-order valence-corrected chi connectivity index (χ3v) is 6.09. The number of rotatable bonds is 5. The monoisotopic (exact) mass is 488 g/mol. The van der Waals surface area contributed by atoms with Gasteiger partial charge in [0.1, 0.15) is 17.9 Å². The van der Waals surface area contributed by atoms with Crippen molar-refractivity contribution < 1.29 is 19.1 Å². The number of imide groups is 2. The van der Waals surface area contributed by atoms with Gasteiger partial charge in [0.15, 0.2) is 0 Å². The molecule has 0 aromatic heterocycles. The van der Waals surface area contributed by atoms with E-state index in [9.17, 15) is 14.4 Å². The fourth-order valence-corrected chi connectivity index (χ4v) is 4.20. The van der Waals surface area contributed by atoms with Crippen LogP contribution in [0.3, 0.4) is 0 Å². The molecule has 3 aromatic carbocycles. The van der Waals surface area contributed by atoms with Crippen LogP contribution in [0.2, 0.25) is 5.02 Å². The molecule has 0 atom stereocenters. The molecule has 1 fully saturated rings. The van der Waals surface area contributed by atoms with E-state index in [1.807, 2.05) is 33.8 Å². The van der Waals surface area contributed by atoms with Crippen molar-refractivity contribution in [2.45, 2.75) is 34.3 Å². The first-order chi connectivity index (χ1) is 16.6. The summed E-state index contributed by atoms with van der Waals surface area (Å²) in [5.41, 5.74) is 6.05. The van der Waals surface area contributed by atoms with Crippen LogP contribution >= 0.6 is 11.6 Å². The van der Waals surface area contributed by atoms with Crippen LogP contribution in [-0.4, -0.2) is 17.8 Å². The highest BCUT2D eigenvalue weighted by Gasteiger charge is 2.36. The molecule has 1 heterocycles. The fourth-order valence-electron chi connectivity index (χ4n) is 3.96. The smallest absolute Gasteiger partial charge is 0.335 e. The summed E-state index contributed by atoms with van der Waals surface area (Å²) in [6.07, 6.45) is 1.41. The fraction of sp³-hybridized carbons (Fsp3) is 0.179. The lowest BCUT2D eigenvalue weighted by atomic mass is 10.0. The second kappa shape index (κ2) is 9.76. The Morgan fingerprint density at radius 1 is 0.886 bits per heavy atom. The Morgan fingerprint density at radius 3 is 2.26 bits per heavy atom. The molecule has 0 unspecified atom stereocenters. The molecule has 35 heavy (non-hydrogen) atoms. The molecule has 4 rings (SSSR count). The Bertz CT molecular complexity index is 1370. The molecule has 7 heteroatoms. The topological polar surface area (TPSA) is 75.7 Å². The Kier molecular flexibility index (Phi) is 6.76. The lowest BCUT2D eigenvalue weighted by Crippen LogP contribution is -2.54. The zero-order valence-electron chi connectivity index (χ0n) is 19.9. The normalized spacial score (nSPS) is 14.9. The number of barbiturate groups is 1. The highest BCUT2D eigenvalue weighted by molar-refractivity contribution is 6.39. The summed E-state index contributed by atoms with van der Waals surface area (Å²) in [6.45, 7) is 8.24. The minimum Gasteiger partial charge on any atom is -0.487 e. The van der Waals surface area contributed by atoms with Gasteiger partial charge < -0.3 is 4.74 Å². The van der Waals surface area contributed by atoms with Crippen molar-refractivity contribution in [2.75, 3.05) is 4.90 Å². The van der Waals surface area contributed by atoms with Crippen molar-refractivity contribution in [1.29, 1.82) is 0 Å². The number of benzene rings is 3. The SMILES string of the molecule is Cc1cc(C)cc(COc2ccc(/C=C3\C(=O)NC(=O)N(c4ccc(C)c(C)c4)C3=O)cc2Cl)c1. The maximum Gasteiger partial charge on any atom is 0.335 e. The molecular formula is C28H25ClN2O4. The summed E-state index contributed by atoms with van der Waals surface area (Å²) >= 11 is 6.42. The van der Waals surface area contributed by atoms with Crippen molar-refractivity contribution >= 4 is 41.2 Å². The number of carbonyl (C=O) groups is 3. The van der Waals surface area contributed by atoms with E-state index in [4.69, 9.17) is 16.3 Å². The maximum atomic E-state index is 13.1. The number of aryl methyl sites for hydroxylation is 4. The van der Waals surface area contributed by atoms with E-state index in [-0.39, 0.29) is 5.57 Å². The third kappa shape index (κ3) is 5.28. The average molecular weight is 489 g/mol. The lowest BCUT2D eigenvalue weighted by Gasteiger charge is -2.26. The second-order valence-corrected chi connectivity index (χ2v) is 9.11. The van der Waals surface area contributed by atoms with Crippen LogP contribution in [0, 0.1) is 27.7 Å². The molecule has 6 nitrogen and oxygen atoms in total. The summed E-state index contributed by atoms with van der Waals surface area (Å²) in [7, 11) is 0. The molecular weight excluding hydrogens is 464 g/mol. The molecule has 0 bridgehead atoms. The van der Waals surface area contributed by atoms with Gasteiger partial charge in [-0.15, -0.1) is 0 Å². The third-order valence-electron chi connectivity index (χ3n) is 5.79. The molecule has 0 saturated carbocycles. The first-order valence-corrected chi connectivity index (χ1v) is 11.5. The number of amides is 4. The first kappa shape index (κ1) is 24.2. The van der Waals surface area contributed by atoms with E-state index in [1.165, 1.54) is 6.08 Å².